The molecule has 134 valence electrons. The van der Waals surface area contributed by atoms with E-state index in [0.717, 1.165) is 17.8 Å². The average Bonchev–Trinajstić information content (AvgIpc) is 3.06. The number of thioether (sulfide) groups is 1. The molecule has 0 atom stereocenters. The number of rotatable bonds is 9. The lowest BCUT2D eigenvalue weighted by Gasteiger charge is -2.03. The zero-order valence-corrected chi connectivity index (χ0v) is 15.8. The summed E-state index contributed by atoms with van der Waals surface area (Å²) in [5, 5.41) is 14.0. The van der Waals surface area contributed by atoms with E-state index in [1.807, 2.05) is 0 Å². The van der Waals surface area contributed by atoms with Crippen LogP contribution >= 0.6 is 34.7 Å². The van der Waals surface area contributed by atoms with E-state index in [1.165, 1.54) is 11.8 Å². The summed E-state index contributed by atoms with van der Waals surface area (Å²) >= 11 is 8.25. The molecular weight excluding hydrogens is 384 g/mol. The molecule has 1 aromatic carbocycles. The summed E-state index contributed by atoms with van der Waals surface area (Å²) in [6.07, 6.45) is 0.763. The van der Waals surface area contributed by atoms with Gasteiger partial charge in [-0.2, -0.15) is 0 Å². The van der Waals surface area contributed by atoms with Crippen molar-refractivity contribution in [3.05, 3.63) is 34.3 Å². The van der Waals surface area contributed by atoms with E-state index in [1.54, 1.807) is 31.4 Å². The van der Waals surface area contributed by atoms with Crippen LogP contribution in [-0.4, -0.2) is 48.0 Å². The Morgan fingerprint density at radius 2 is 2.20 bits per heavy atom. The number of benzene rings is 1. The van der Waals surface area contributed by atoms with Crippen molar-refractivity contribution in [3.63, 3.8) is 0 Å². The molecule has 10 heteroatoms. The van der Waals surface area contributed by atoms with Crippen LogP contribution < -0.4 is 10.6 Å². The number of carbonyl (C=O) groups excluding carboxylic acids is 2. The molecule has 0 fully saturated rings. The number of nitrogens with zero attached hydrogens (tertiary/aromatic N) is 2. The molecule has 0 saturated carbocycles. The minimum absolute atomic E-state index is 0.0961. The summed E-state index contributed by atoms with van der Waals surface area (Å²) in [6, 6.07) is 6.83. The minimum Gasteiger partial charge on any atom is -0.385 e. The summed E-state index contributed by atoms with van der Waals surface area (Å²) in [5.41, 5.74) is 0.581. The van der Waals surface area contributed by atoms with E-state index in [2.05, 4.69) is 20.8 Å². The molecule has 0 unspecified atom stereocenters. The van der Waals surface area contributed by atoms with Gasteiger partial charge in [-0.15, -0.1) is 10.2 Å². The molecule has 2 amide bonds. The van der Waals surface area contributed by atoms with E-state index in [0.29, 0.717) is 28.2 Å². The number of hydrogen-bond donors (Lipinski definition) is 2. The highest BCUT2D eigenvalue weighted by Gasteiger charge is 2.14. The molecule has 0 spiro atoms. The van der Waals surface area contributed by atoms with Crippen LogP contribution in [0.1, 0.15) is 16.2 Å². The summed E-state index contributed by atoms with van der Waals surface area (Å²) in [5.74, 6) is -0.241. The molecule has 2 rings (SSSR count). The van der Waals surface area contributed by atoms with Gasteiger partial charge in [0, 0.05) is 31.0 Å². The maximum absolute atomic E-state index is 12.1. The second kappa shape index (κ2) is 10.3. The fraction of sp³-hybridized carbons (Fsp3) is 0.333. The third-order valence-corrected chi connectivity index (χ3v) is 5.15. The van der Waals surface area contributed by atoms with Crippen LogP contribution in [0.15, 0.2) is 28.6 Å². The Bertz CT molecular complexity index is 726. The number of halogens is 1. The second-order valence-corrected chi connectivity index (χ2v) is 7.46. The summed E-state index contributed by atoms with van der Waals surface area (Å²) in [4.78, 5) is 23.8. The Kier molecular flexibility index (Phi) is 8.13. The van der Waals surface area contributed by atoms with Crippen LogP contribution in [0.25, 0.3) is 0 Å². The molecule has 0 aliphatic carbocycles. The summed E-state index contributed by atoms with van der Waals surface area (Å²) in [7, 11) is 1.62. The first-order valence-corrected chi connectivity index (χ1v) is 9.55. The molecular formula is C15H17ClN4O3S2. The highest BCUT2D eigenvalue weighted by molar-refractivity contribution is 8.01. The van der Waals surface area contributed by atoms with Gasteiger partial charge >= 0.3 is 0 Å². The third kappa shape index (κ3) is 6.99. The van der Waals surface area contributed by atoms with Crippen LogP contribution in [0.5, 0.6) is 0 Å². The quantitative estimate of drug-likeness (QED) is 0.496. The second-order valence-electron chi connectivity index (χ2n) is 4.82. The van der Waals surface area contributed by atoms with Crippen LogP contribution in [-0.2, 0) is 9.53 Å². The summed E-state index contributed by atoms with van der Waals surface area (Å²) in [6.45, 7) is 1.17. The van der Waals surface area contributed by atoms with Gasteiger partial charge in [0.2, 0.25) is 10.9 Å². The fourth-order valence-corrected chi connectivity index (χ4v) is 3.50. The van der Waals surface area contributed by atoms with Crippen molar-refractivity contribution in [1.29, 1.82) is 0 Å². The van der Waals surface area contributed by atoms with E-state index in [4.69, 9.17) is 16.3 Å². The molecule has 1 aromatic heterocycles. The van der Waals surface area contributed by atoms with Gasteiger partial charge in [-0.3, -0.25) is 9.59 Å². The lowest BCUT2D eigenvalue weighted by Crippen LogP contribution is -2.26. The molecule has 2 N–H and O–H groups in total. The van der Waals surface area contributed by atoms with Crippen LogP contribution in [0.2, 0.25) is 5.02 Å². The number of ether oxygens (including phenoxy) is 1. The summed E-state index contributed by atoms with van der Waals surface area (Å²) < 4.78 is 5.47. The van der Waals surface area contributed by atoms with Gasteiger partial charge in [0.05, 0.1) is 5.75 Å². The first-order valence-electron chi connectivity index (χ1n) is 7.37. The van der Waals surface area contributed by atoms with Crippen molar-refractivity contribution in [3.8, 4) is 0 Å². The Morgan fingerprint density at radius 1 is 1.36 bits per heavy atom. The highest BCUT2D eigenvalue weighted by atomic mass is 35.5. The molecule has 2 aromatic rings. The Labute approximate surface area is 158 Å². The molecule has 25 heavy (non-hydrogen) atoms. The van der Waals surface area contributed by atoms with Crippen LogP contribution in [0, 0.1) is 0 Å². The van der Waals surface area contributed by atoms with Gasteiger partial charge < -0.3 is 15.4 Å². The molecule has 0 saturated heterocycles. The van der Waals surface area contributed by atoms with Gasteiger partial charge in [0.1, 0.15) is 0 Å². The molecule has 1 heterocycles. The number of anilines is 1. The normalized spacial score (nSPS) is 10.5. The van der Waals surface area contributed by atoms with Crippen molar-refractivity contribution in [2.24, 2.45) is 0 Å². The maximum atomic E-state index is 12.1. The van der Waals surface area contributed by atoms with E-state index >= 15 is 0 Å². The van der Waals surface area contributed by atoms with Crippen molar-refractivity contribution >= 4 is 52.2 Å². The third-order valence-electron chi connectivity index (χ3n) is 2.86. The Morgan fingerprint density at radius 3 is 2.96 bits per heavy atom. The van der Waals surface area contributed by atoms with Crippen LogP contribution in [0.3, 0.4) is 0 Å². The highest BCUT2D eigenvalue weighted by Crippen LogP contribution is 2.23. The van der Waals surface area contributed by atoms with Crippen molar-refractivity contribution in [2.45, 2.75) is 10.8 Å². The largest absolute Gasteiger partial charge is 0.385 e. The van der Waals surface area contributed by atoms with Gasteiger partial charge in [-0.1, -0.05) is 40.8 Å². The topological polar surface area (TPSA) is 93.2 Å². The van der Waals surface area contributed by atoms with Gasteiger partial charge in [0.15, 0.2) is 4.34 Å². The first-order chi connectivity index (χ1) is 12.1. The molecule has 7 nitrogen and oxygen atoms in total. The molecule has 0 bridgehead atoms. The van der Waals surface area contributed by atoms with Crippen molar-refractivity contribution < 1.29 is 14.3 Å². The number of amides is 2. The van der Waals surface area contributed by atoms with E-state index < -0.39 is 0 Å². The standard InChI is InChI=1S/C15H17ClN4O3S2/c1-23-7-3-6-17-12(21)9-24-15-20-19-14(25-15)13(22)18-11-5-2-4-10(16)8-11/h2,4-5,8H,3,6-7,9H2,1H3,(H,17,21)(H,18,22). The van der Waals surface area contributed by atoms with Crippen molar-refractivity contribution in [2.75, 3.05) is 31.3 Å². The smallest absolute Gasteiger partial charge is 0.286 e. The monoisotopic (exact) mass is 400 g/mol. The molecule has 0 radical (unpaired) electrons. The van der Waals surface area contributed by atoms with E-state index in [-0.39, 0.29) is 22.6 Å². The lowest BCUT2D eigenvalue weighted by molar-refractivity contribution is -0.118. The maximum Gasteiger partial charge on any atom is 0.286 e. The minimum atomic E-state index is -0.365. The number of hydrogen-bond acceptors (Lipinski definition) is 7. The Balaban J connectivity index is 1.79. The van der Waals surface area contributed by atoms with Gasteiger partial charge in [-0.05, 0) is 24.6 Å². The zero-order chi connectivity index (χ0) is 18.1. The van der Waals surface area contributed by atoms with Crippen molar-refractivity contribution in [1.82, 2.24) is 15.5 Å². The lowest BCUT2D eigenvalue weighted by atomic mass is 10.3. The SMILES string of the molecule is COCCCNC(=O)CSc1nnc(C(=O)Nc2cccc(Cl)c2)s1. The Hall–Kier alpha value is -1.68. The fourth-order valence-electron chi connectivity index (χ4n) is 1.73. The van der Waals surface area contributed by atoms with E-state index in [9.17, 15) is 9.59 Å². The first kappa shape index (κ1) is 19.6. The van der Waals surface area contributed by atoms with Crippen LogP contribution in [0.4, 0.5) is 5.69 Å². The molecule has 0 aliphatic heterocycles. The average molecular weight is 401 g/mol. The number of aromatic nitrogens is 2. The van der Waals surface area contributed by atoms with Gasteiger partial charge in [-0.25, -0.2) is 0 Å². The zero-order valence-electron chi connectivity index (χ0n) is 13.5. The number of nitrogens with one attached hydrogen (secondary N) is 2. The predicted molar refractivity (Wildman–Crippen MR) is 99.5 cm³/mol. The number of carbonyl (C=O) groups is 2. The number of methoxy groups -OCH3 is 1. The molecule has 0 aliphatic rings. The van der Waals surface area contributed by atoms with Gasteiger partial charge in [0.25, 0.3) is 5.91 Å². The predicted octanol–water partition coefficient (Wildman–Crippen LogP) is 2.69.